The third-order valence-corrected chi connectivity index (χ3v) is 8.42. The molecule has 36 heavy (non-hydrogen) atoms. The summed E-state index contributed by atoms with van der Waals surface area (Å²) in [6.45, 7) is 6.81. The minimum Gasteiger partial charge on any atom is -0.393 e. The summed E-state index contributed by atoms with van der Waals surface area (Å²) in [5, 5.41) is 13.8. The molecular weight excluding hydrogens is 452 g/mol. The number of rotatable bonds is 7. The minimum atomic E-state index is -0.236. The third kappa shape index (κ3) is 4.72. The molecule has 2 aromatic heterocycles. The molecule has 1 aromatic carbocycles. The zero-order chi connectivity index (χ0) is 24.6. The van der Waals surface area contributed by atoms with Crippen LogP contribution in [-0.4, -0.2) is 63.4 Å². The van der Waals surface area contributed by atoms with Crippen molar-refractivity contribution in [3.8, 4) is 0 Å². The Bertz CT molecular complexity index is 1270. The molecule has 4 atom stereocenters. The molecule has 0 spiro atoms. The van der Waals surface area contributed by atoms with Crippen molar-refractivity contribution < 1.29 is 5.11 Å². The average molecular weight is 489 g/mol. The van der Waals surface area contributed by atoms with Crippen molar-refractivity contribution in [2.75, 3.05) is 42.9 Å². The lowest BCUT2D eigenvalue weighted by Gasteiger charge is -2.36. The second-order valence-electron chi connectivity index (χ2n) is 10.9. The smallest absolute Gasteiger partial charge is 0.252 e. The number of hydrogen-bond acceptors (Lipinski definition) is 7. The molecule has 2 bridgehead atoms. The van der Waals surface area contributed by atoms with Gasteiger partial charge in [0.05, 0.1) is 6.10 Å². The van der Waals surface area contributed by atoms with Gasteiger partial charge in [-0.15, -0.1) is 0 Å². The number of aromatic nitrogens is 3. The van der Waals surface area contributed by atoms with E-state index in [0.717, 1.165) is 68.2 Å². The fraction of sp³-hybridized carbons (Fsp3) is 0.536. The highest BCUT2D eigenvalue weighted by Crippen LogP contribution is 2.50. The Morgan fingerprint density at radius 1 is 1.06 bits per heavy atom. The second kappa shape index (κ2) is 9.82. The number of aliphatic hydroxyl groups is 1. The number of hydrogen-bond donors (Lipinski definition) is 2. The molecule has 8 nitrogen and oxygen atoms in total. The van der Waals surface area contributed by atoms with E-state index in [0.29, 0.717) is 11.9 Å². The Hall–Kier alpha value is -2.97. The van der Waals surface area contributed by atoms with Crippen molar-refractivity contribution in [2.24, 2.45) is 11.8 Å². The van der Waals surface area contributed by atoms with Gasteiger partial charge in [-0.3, -0.25) is 14.3 Å². The number of fused-ring (bicyclic) bond motifs is 3. The highest BCUT2D eigenvalue weighted by atomic mass is 16.3. The molecule has 2 saturated carbocycles. The lowest BCUT2D eigenvalue weighted by Crippen LogP contribution is -2.47. The van der Waals surface area contributed by atoms with Crippen LogP contribution in [0, 0.1) is 11.8 Å². The first-order chi connectivity index (χ1) is 17.5. The van der Waals surface area contributed by atoms with Crippen LogP contribution in [-0.2, 0) is 0 Å². The van der Waals surface area contributed by atoms with Gasteiger partial charge in [0, 0.05) is 67.8 Å². The van der Waals surface area contributed by atoms with Crippen molar-refractivity contribution >= 4 is 28.4 Å². The standard InChI is InChI=1S/C28H36N6O2/c1-19(35)10-11-32-12-14-33(15-13-32)24-7-5-23(6-8-24)30-28-29-18-22-4-9-26(36)34(27(22)31-28)25-17-20-2-3-21(25)16-20/h4-9,18-21,25,35H,2-3,10-17H2,1H3,(H,29,30,31)/t19?,20?,21?,25-/m1/s1. The fourth-order valence-electron chi connectivity index (χ4n) is 6.43. The highest BCUT2D eigenvalue weighted by molar-refractivity contribution is 5.76. The quantitative estimate of drug-likeness (QED) is 0.523. The molecule has 3 aliphatic rings. The van der Waals surface area contributed by atoms with E-state index in [-0.39, 0.29) is 17.7 Å². The monoisotopic (exact) mass is 488 g/mol. The molecule has 3 fully saturated rings. The molecule has 3 heterocycles. The van der Waals surface area contributed by atoms with Crippen LogP contribution in [0.3, 0.4) is 0 Å². The van der Waals surface area contributed by atoms with Gasteiger partial charge in [-0.25, -0.2) is 4.98 Å². The molecule has 2 N–H and O–H groups in total. The Morgan fingerprint density at radius 2 is 1.86 bits per heavy atom. The summed E-state index contributed by atoms with van der Waals surface area (Å²) >= 11 is 0. The van der Waals surface area contributed by atoms with E-state index in [1.165, 1.54) is 24.9 Å². The molecule has 0 radical (unpaired) electrons. The second-order valence-corrected chi connectivity index (χ2v) is 10.9. The number of benzene rings is 1. The van der Waals surface area contributed by atoms with Gasteiger partial charge in [0.25, 0.3) is 5.56 Å². The van der Waals surface area contributed by atoms with Crippen molar-refractivity contribution in [3.05, 3.63) is 52.9 Å². The maximum atomic E-state index is 12.9. The third-order valence-electron chi connectivity index (χ3n) is 8.42. The molecule has 3 aromatic rings. The van der Waals surface area contributed by atoms with Gasteiger partial charge < -0.3 is 15.3 Å². The number of piperazine rings is 1. The Balaban J connectivity index is 1.15. The summed E-state index contributed by atoms with van der Waals surface area (Å²) in [6, 6.07) is 12.2. The summed E-state index contributed by atoms with van der Waals surface area (Å²) in [7, 11) is 0. The molecule has 190 valence electrons. The predicted molar refractivity (Wildman–Crippen MR) is 143 cm³/mol. The van der Waals surface area contributed by atoms with E-state index in [2.05, 4.69) is 44.4 Å². The van der Waals surface area contributed by atoms with Gasteiger partial charge in [-0.05, 0) is 74.8 Å². The fourth-order valence-corrected chi connectivity index (χ4v) is 6.43. The molecule has 1 aliphatic heterocycles. The summed E-state index contributed by atoms with van der Waals surface area (Å²) in [6.07, 6.45) is 7.27. The van der Waals surface area contributed by atoms with E-state index in [1.807, 2.05) is 23.8 Å². The summed E-state index contributed by atoms with van der Waals surface area (Å²) < 4.78 is 1.94. The summed E-state index contributed by atoms with van der Waals surface area (Å²) in [5.74, 6) is 1.87. The van der Waals surface area contributed by atoms with Crippen LogP contribution >= 0.6 is 0 Å². The van der Waals surface area contributed by atoms with Gasteiger partial charge in [-0.2, -0.15) is 4.98 Å². The lowest BCUT2D eigenvalue weighted by atomic mass is 9.95. The first-order valence-corrected chi connectivity index (χ1v) is 13.4. The predicted octanol–water partition coefficient (Wildman–Crippen LogP) is 3.79. The number of nitrogens with zero attached hydrogens (tertiary/aromatic N) is 5. The van der Waals surface area contributed by atoms with Gasteiger partial charge in [0.15, 0.2) is 0 Å². The zero-order valence-corrected chi connectivity index (χ0v) is 21.0. The van der Waals surface area contributed by atoms with Crippen LogP contribution in [0.4, 0.5) is 17.3 Å². The van der Waals surface area contributed by atoms with Crippen molar-refractivity contribution in [2.45, 2.75) is 51.2 Å². The summed E-state index contributed by atoms with van der Waals surface area (Å²) in [4.78, 5) is 27.1. The first-order valence-electron chi connectivity index (χ1n) is 13.4. The van der Waals surface area contributed by atoms with Gasteiger partial charge >= 0.3 is 0 Å². The van der Waals surface area contributed by atoms with Crippen molar-refractivity contribution in [3.63, 3.8) is 0 Å². The number of anilines is 3. The van der Waals surface area contributed by atoms with Gasteiger partial charge in [0.1, 0.15) is 5.65 Å². The normalized spacial score (nSPS) is 24.9. The summed E-state index contributed by atoms with van der Waals surface area (Å²) in [5.41, 5.74) is 2.92. The Morgan fingerprint density at radius 3 is 2.56 bits per heavy atom. The maximum Gasteiger partial charge on any atom is 0.252 e. The average Bonchev–Trinajstić information content (AvgIpc) is 3.52. The van der Waals surface area contributed by atoms with Gasteiger partial charge in [0.2, 0.25) is 5.95 Å². The van der Waals surface area contributed by atoms with Crippen LogP contribution in [0.2, 0.25) is 0 Å². The topological polar surface area (TPSA) is 86.5 Å². The van der Waals surface area contributed by atoms with Crippen LogP contribution in [0.15, 0.2) is 47.4 Å². The molecular formula is C28H36N6O2. The van der Waals surface area contributed by atoms with Crippen LogP contribution < -0.4 is 15.8 Å². The minimum absolute atomic E-state index is 0.0417. The Kier molecular flexibility index (Phi) is 6.39. The van der Waals surface area contributed by atoms with E-state index in [1.54, 1.807) is 6.07 Å². The lowest BCUT2D eigenvalue weighted by molar-refractivity contribution is 0.153. The van der Waals surface area contributed by atoms with E-state index < -0.39 is 0 Å². The van der Waals surface area contributed by atoms with E-state index in [9.17, 15) is 9.90 Å². The molecule has 8 heteroatoms. The van der Waals surface area contributed by atoms with Crippen molar-refractivity contribution in [1.82, 2.24) is 19.4 Å². The van der Waals surface area contributed by atoms with Crippen molar-refractivity contribution in [1.29, 1.82) is 0 Å². The van der Waals surface area contributed by atoms with Crippen LogP contribution in [0.1, 0.15) is 45.1 Å². The molecule has 3 unspecified atom stereocenters. The van der Waals surface area contributed by atoms with E-state index in [4.69, 9.17) is 4.98 Å². The largest absolute Gasteiger partial charge is 0.393 e. The van der Waals surface area contributed by atoms with Crippen LogP contribution in [0.5, 0.6) is 0 Å². The SMILES string of the molecule is CC(O)CCN1CCN(c2ccc(Nc3ncc4ccc(=O)n([C@@H]5CC6CCC5C6)c4n3)cc2)CC1. The molecule has 6 rings (SSSR count). The molecule has 1 saturated heterocycles. The number of pyridine rings is 1. The molecule has 0 amide bonds. The number of aliphatic hydroxyl groups excluding tert-OH is 1. The first kappa shape index (κ1) is 23.4. The number of nitrogens with one attached hydrogen (secondary N) is 1. The van der Waals surface area contributed by atoms with Gasteiger partial charge in [-0.1, -0.05) is 6.42 Å². The van der Waals surface area contributed by atoms with E-state index >= 15 is 0 Å². The maximum absolute atomic E-state index is 12.9. The zero-order valence-electron chi connectivity index (χ0n) is 21.0. The highest BCUT2D eigenvalue weighted by Gasteiger charge is 2.41. The van der Waals surface area contributed by atoms with Crippen LogP contribution in [0.25, 0.3) is 11.0 Å². The molecule has 2 aliphatic carbocycles. The Labute approximate surface area is 212 Å².